The minimum Gasteiger partial charge on any atom is -0.0955 e. The fourth-order valence-electron chi connectivity index (χ4n) is 0.671. The Balaban J connectivity index is 2.98. The van der Waals surface area contributed by atoms with Gasteiger partial charge in [0, 0.05) is 0 Å². The zero-order valence-electron chi connectivity index (χ0n) is 5.52. The maximum Gasteiger partial charge on any atom is -0.0184 e. The minimum absolute atomic E-state index is 1.10. The average molecular weight is 117 g/mol. The lowest BCUT2D eigenvalue weighted by atomic mass is 10.1. The largest absolute Gasteiger partial charge is 0.0955 e. The molecule has 1 rings (SSSR count). The monoisotopic (exact) mass is 117 g/mol. The van der Waals surface area contributed by atoms with Gasteiger partial charge in [-0.3, -0.25) is 0 Å². The summed E-state index contributed by atoms with van der Waals surface area (Å²) < 4.78 is 0. The second-order valence-corrected chi connectivity index (χ2v) is 2.07. The van der Waals surface area contributed by atoms with E-state index in [0.717, 1.165) is 5.57 Å². The van der Waals surface area contributed by atoms with E-state index in [1.165, 1.54) is 5.56 Å². The number of hydrogen-bond acceptors (Lipinski definition) is 0. The molecule has 0 heteroatoms. The summed E-state index contributed by atoms with van der Waals surface area (Å²) in [7, 11) is 0. The summed E-state index contributed by atoms with van der Waals surface area (Å²) in [5.74, 6) is 0. The van der Waals surface area contributed by atoms with Gasteiger partial charge in [0.15, 0.2) is 0 Å². The summed E-state index contributed by atoms with van der Waals surface area (Å²) >= 11 is 0. The van der Waals surface area contributed by atoms with E-state index in [4.69, 9.17) is 0 Å². The molecule has 9 heavy (non-hydrogen) atoms. The summed E-state index contributed by atoms with van der Waals surface area (Å²) in [4.78, 5) is 0. The number of rotatable bonds is 1. The van der Waals surface area contributed by atoms with Gasteiger partial charge in [-0.25, -0.2) is 0 Å². The van der Waals surface area contributed by atoms with Crippen molar-refractivity contribution in [3.63, 3.8) is 0 Å². The number of allylic oxidation sites excluding steroid dienone is 1. The highest BCUT2D eigenvalue weighted by Gasteiger charge is 1.86. The molecule has 1 aromatic rings. The molecule has 1 radical (unpaired) electrons. The zero-order chi connectivity index (χ0) is 6.69. The van der Waals surface area contributed by atoms with Crippen molar-refractivity contribution in [1.82, 2.24) is 0 Å². The average Bonchev–Trinajstić information content (AvgIpc) is 1.90. The first kappa shape index (κ1) is 6.09. The van der Waals surface area contributed by atoms with E-state index in [-0.39, 0.29) is 0 Å². The fourth-order valence-corrected chi connectivity index (χ4v) is 0.671. The van der Waals surface area contributed by atoms with Gasteiger partial charge < -0.3 is 0 Å². The number of hydrogen-bond donors (Lipinski definition) is 0. The lowest BCUT2D eigenvalue weighted by molar-refractivity contribution is 1.58. The van der Waals surface area contributed by atoms with Crippen molar-refractivity contribution in [2.24, 2.45) is 0 Å². The lowest BCUT2D eigenvalue weighted by Gasteiger charge is -1.94. The van der Waals surface area contributed by atoms with Gasteiger partial charge in [-0.05, 0) is 18.6 Å². The first-order valence-electron chi connectivity index (χ1n) is 2.92. The molecule has 45 valence electrons. The molecule has 0 spiro atoms. The predicted molar refractivity (Wildman–Crippen MR) is 40.0 cm³/mol. The van der Waals surface area contributed by atoms with Crippen LogP contribution in [-0.2, 0) is 0 Å². The van der Waals surface area contributed by atoms with Gasteiger partial charge in [-0.15, -0.1) is 0 Å². The summed E-state index contributed by atoms with van der Waals surface area (Å²) in [5, 5.41) is 0. The van der Waals surface area contributed by atoms with Crippen molar-refractivity contribution in [2.75, 3.05) is 0 Å². The van der Waals surface area contributed by atoms with Gasteiger partial charge in [-0.2, -0.15) is 0 Å². The van der Waals surface area contributed by atoms with E-state index in [1.807, 2.05) is 31.2 Å². The predicted octanol–water partition coefficient (Wildman–Crippen LogP) is 2.52. The van der Waals surface area contributed by atoms with Crippen LogP contribution in [0.4, 0.5) is 0 Å². The third kappa shape index (κ3) is 1.43. The highest BCUT2D eigenvalue weighted by Crippen LogP contribution is 2.08. The molecule has 0 aliphatic carbocycles. The number of benzene rings is 1. The molecular formula is C9H9. The van der Waals surface area contributed by atoms with Crippen LogP contribution in [0.3, 0.4) is 0 Å². The molecule has 0 aliphatic heterocycles. The molecule has 0 nitrogen and oxygen atoms in total. The standard InChI is InChI=1S/C9H9/c1-8(2)9-6-4-3-5-7-9/h4-7H,1H2,2H3. The Labute approximate surface area is 55.8 Å². The van der Waals surface area contributed by atoms with E-state index in [2.05, 4.69) is 12.6 Å². The van der Waals surface area contributed by atoms with Crippen LogP contribution in [0.25, 0.3) is 5.57 Å². The molecule has 0 aromatic heterocycles. The summed E-state index contributed by atoms with van der Waals surface area (Å²) in [6.45, 7) is 5.81. The molecule has 0 amide bonds. The molecule has 0 aliphatic rings. The van der Waals surface area contributed by atoms with Crippen molar-refractivity contribution < 1.29 is 0 Å². The van der Waals surface area contributed by atoms with Crippen molar-refractivity contribution in [1.29, 1.82) is 0 Å². The maximum absolute atomic E-state index is 3.81. The molecule has 0 saturated carbocycles. The Morgan fingerprint density at radius 1 is 1.44 bits per heavy atom. The lowest BCUT2D eigenvalue weighted by Crippen LogP contribution is -1.73. The highest BCUT2D eigenvalue weighted by atomic mass is 13.9. The first-order chi connectivity index (χ1) is 4.30. The van der Waals surface area contributed by atoms with Crippen LogP contribution < -0.4 is 0 Å². The van der Waals surface area contributed by atoms with Crippen LogP contribution in [0, 0.1) is 6.07 Å². The van der Waals surface area contributed by atoms with Gasteiger partial charge in [-0.1, -0.05) is 36.4 Å². The Bertz CT molecular complexity index is 197. The van der Waals surface area contributed by atoms with Gasteiger partial charge in [0.25, 0.3) is 0 Å². The van der Waals surface area contributed by atoms with Crippen molar-refractivity contribution in [3.8, 4) is 0 Å². The molecule has 0 N–H and O–H groups in total. The van der Waals surface area contributed by atoms with Crippen molar-refractivity contribution in [2.45, 2.75) is 6.92 Å². The van der Waals surface area contributed by atoms with E-state index in [1.54, 1.807) is 0 Å². The van der Waals surface area contributed by atoms with Gasteiger partial charge in [0.1, 0.15) is 0 Å². The molecule has 0 saturated heterocycles. The van der Waals surface area contributed by atoms with Crippen LogP contribution in [-0.4, -0.2) is 0 Å². The molecule has 0 heterocycles. The topological polar surface area (TPSA) is 0 Å². The normalized spacial score (nSPS) is 9.00. The van der Waals surface area contributed by atoms with Crippen LogP contribution >= 0.6 is 0 Å². The zero-order valence-corrected chi connectivity index (χ0v) is 5.52. The van der Waals surface area contributed by atoms with E-state index < -0.39 is 0 Å². The van der Waals surface area contributed by atoms with Gasteiger partial charge in [0.2, 0.25) is 0 Å². The Morgan fingerprint density at radius 2 is 2.00 bits per heavy atom. The van der Waals surface area contributed by atoms with Crippen LogP contribution in [0.2, 0.25) is 0 Å². The molecular weight excluding hydrogens is 108 g/mol. The summed E-state index contributed by atoms with van der Waals surface area (Å²) in [5.41, 5.74) is 2.29. The van der Waals surface area contributed by atoms with E-state index in [9.17, 15) is 0 Å². The molecule has 0 atom stereocenters. The molecule has 0 fully saturated rings. The summed E-state index contributed by atoms with van der Waals surface area (Å²) in [6.07, 6.45) is 0. The quantitative estimate of drug-likeness (QED) is 0.530. The molecule has 1 aromatic carbocycles. The van der Waals surface area contributed by atoms with Gasteiger partial charge >= 0.3 is 0 Å². The Kier molecular flexibility index (Phi) is 1.69. The summed E-state index contributed by atoms with van der Waals surface area (Å²) in [6, 6.07) is 10.7. The van der Waals surface area contributed by atoms with Gasteiger partial charge in [0.05, 0.1) is 0 Å². The first-order valence-corrected chi connectivity index (χ1v) is 2.92. The SMILES string of the molecule is C=C(C)c1cc[c]cc1. The Hall–Kier alpha value is -1.04. The van der Waals surface area contributed by atoms with Crippen molar-refractivity contribution in [3.05, 3.63) is 42.5 Å². The highest BCUT2D eigenvalue weighted by molar-refractivity contribution is 5.60. The smallest absolute Gasteiger partial charge is 0.0184 e. The second kappa shape index (κ2) is 2.49. The van der Waals surface area contributed by atoms with E-state index in [0.29, 0.717) is 0 Å². The van der Waals surface area contributed by atoms with Crippen LogP contribution in [0.15, 0.2) is 30.8 Å². The third-order valence-electron chi connectivity index (χ3n) is 1.21. The molecule has 0 bridgehead atoms. The second-order valence-electron chi connectivity index (χ2n) is 2.07. The fraction of sp³-hybridized carbons (Fsp3) is 0.111. The van der Waals surface area contributed by atoms with Crippen molar-refractivity contribution >= 4 is 5.57 Å². The maximum atomic E-state index is 3.81. The van der Waals surface area contributed by atoms with E-state index >= 15 is 0 Å². The molecule has 0 unspecified atom stereocenters. The van der Waals surface area contributed by atoms with Crippen LogP contribution in [0.1, 0.15) is 12.5 Å². The van der Waals surface area contributed by atoms with Crippen LogP contribution in [0.5, 0.6) is 0 Å². The third-order valence-corrected chi connectivity index (χ3v) is 1.21. The Morgan fingerprint density at radius 3 is 2.33 bits per heavy atom. The minimum atomic E-state index is 1.10.